The van der Waals surface area contributed by atoms with Gasteiger partial charge < -0.3 is 21.5 Å². The third-order valence-electron chi connectivity index (χ3n) is 3.07. The number of benzene rings is 1. The first-order valence-electron chi connectivity index (χ1n) is 6.53. The number of nitrogen functional groups attached to an aromatic ring is 1. The van der Waals surface area contributed by atoms with Crippen LogP contribution in [0.15, 0.2) is 18.2 Å². The Balaban J connectivity index is 2.83. The SMILES string of the molecule is CCNC(=O)c1ccc(N)c(NCC(C)(O)CC)c1. The molecule has 1 unspecified atom stereocenters. The van der Waals surface area contributed by atoms with Gasteiger partial charge in [-0.05, 0) is 38.5 Å². The summed E-state index contributed by atoms with van der Waals surface area (Å²) < 4.78 is 0. The van der Waals surface area contributed by atoms with E-state index in [2.05, 4.69) is 10.6 Å². The Kier molecular flexibility index (Phi) is 5.18. The number of anilines is 2. The monoisotopic (exact) mass is 265 g/mol. The van der Waals surface area contributed by atoms with Crippen molar-refractivity contribution in [1.82, 2.24) is 5.32 Å². The lowest BCUT2D eigenvalue weighted by atomic mass is 10.0. The molecule has 106 valence electrons. The summed E-state index contributed by atoms with van der Waals surface area (Å²) in [6.07, 6.45) is 0.635. The van der Waals surface area contributed by atoms with E-state index < -0.39 is 5.60 Å². The average molecular weight is 265 g/mol. The smallest absolute Gasteiger partial charge is 0.251 e. The Hall–Kier alpha value is -1.75. The van der Waals surface area contributed by atoms with Crippen LogP contribution in [0.5, 0.6) is 0 Å². The van der Waals surface area contributed by atoms with Crippen LogP contribution >= 0.6 is 0 Å². The number of amides is 1. The highest BCUT2D eigenvalue weighted by molar-refractivity contribution is 5.96. The fourth-order valence-electron chi connectivity index (χ4n) is 1.52. The van der Waals surface area contributed by atoms with Crippen molar-refractivity contribution in [3.05, 3.63) is 23.8 Å². The Morgan fingerprint density at radius 2 is 2.11 bits per heavy atom. The third-order valence-corrected chi connectivity index (χ3v) is 3.07. The topological polar surface area (TPSA) is 87.4 Å². The largest absolute Gasteiger partial charge is 0.397 e. The third kappa shape index (κ3) is 4.44. The minimum absolute atomic E-state index is 0.132. The molecule has 0 radical (unpaired) electrons. The van der Waals surface area contributed by atoms with Crippen LogP contribution in [-0.2, 0) is 0 Å². The summed E-state index contributed by atoms with van der Waals surface area (Å²) in [4.78, 5) is 11.7. The van der Waals surface area contributed by atoms with Crippen LogP contribution in [0.1, 0.15) is 37.6 Å². The Morgan fingerprint density at radius 1 is 1.42 bits per heavy atom. The van der Waals surface area contributed by atoms with Crippen molar-refractivity contribution in [2.45, 2.75) is 32.8 Å². The minimum atomic E-state index is -0.797. The van der Waals surface area contributed by atoms with E-state index in [4.69, 9.17) is 5.73 Å². The summed E-state index contributed by atoms with van der Waals surface area (Å²) in [6, 6.07) is 5.07. The lowest BCUT2D eigenvalue weighted by molar-refractivity contribution is 0.0697. The van der Waals surface area contributed by atoms with Crippen molar-refractivity contribution in [1.29, 1.82) is 0 Å². The van der Waals surface area contributed by atoms with Gasteiger partial charge in [-0.2, -0.15) is 0 Å². The van der Waals surface area contributed by atoms with Crippen molar-refractivity contribution in [3.8, 4) is 0 Å². The summed E-state index contributed by atoms with van der Waals surface area (Å²) in [5, 5.41) is 15.8. The number of hydrogen-bond acceptors (Lipinski definition) is 4. The summed E-state index contributed by atoms with van der Waals surface area (Å²) in [5.74, 6) is -0.132. The van der Waals surface area contributed by atoms with Gasteiger partial charge in [0.15, 0.2) is 0 Å². The first-order valence-corrected chi connectivity index (χ1v) is 6.53. The molecule has 5 heteroatoms. The Morgan fingerprint density at radius 3 is 2.68 bits per heavy atom. The molecule has 0 saturated carbocycles. The van der Waals surface area contributed by atoms with Gasteiger partial charge in [-0.3, -0.25) is 4.79 Å². The van der Waals surface area contributed by atoms with Crippen LogP contribution in [0.2, 0.25) is 0 Å². The van der Waals surface area contributed by atoms with Crippen molar-refractivity contribution in [3.63, 3.8) is 0 Å². The fraction of sp³-hybridized carbons (Fsp3) is 0.500. The summed E-state index contributed by atoms with van der Waals surface area (Å²) in [6.45, 7) is 6.50. The summed E-state index contributed by atoms with van der Waals surface area (Å²) in [5.41, 5.74) is 6.83. The second-order valence-electron chi connectivity index (χ2n) is 4.87. The molecule has 0 aliphatic carbocycles. The number of nitrogens with one attached hydrogen (secondary N) is 2. The van der Waals surface area contributed by atoms with Gasteiger partial charge in [0, 0.05) is 18.7 Å². The van der Waals surface area contributed by atoms with Gasteiger partial charge in [-0.15, -0.1) is 0 Å². The maximum absolute atomic E-state index is 11.7. The zero-order chi connectivity index (χ0) is 14.5. The summed E-state index contributed by atoms with van der Waals surface area (Å²) in [7, 11) is 0. The molecular weight excluding hydrogens is 242 g/mol. The van der Waals surface area contributed by atoms with Gasteiger partial charge in [0.2, 0.25) is 0 Å². The molecular formula is C14H23N3O2. The zero-order valence-electron chi connectivity index (χ0n) is 11.8. The number of carbonyl (C=O) groups is 1. The van der Waals surface area contributed by atoms with Crippen LogP contribution < -0.4 is 16.4 Å². The molecule has 1 aromatic carbocycles. The van der Waals surface area contributed by atoms with Crippen molar-refractivity contribution in [2.75, 3.05) is 24.1 Å². The molecule has 1 aromatic rings. The normalized spacial score (nSPS) is 13.7. The Bertz CT molecular complexity index is 444. The molecule has 0 aliphatic rings. The van der Waals surface area contributed by atoms with E-state index in [1.807, 2.05) is 13.8 Å². The minimum Gasteiger partial charge on any atom is -0.397 e. The predicted octanol–water partition coefficient (Wildman–Crippen LogP) is 1.59. The second-order valence-corrected chi connectivity index (χ2v) is 4.87. The molecule has 0 spiro atoms. The van der Waals surface area contributed by atoms with Gasteiger partial charge in [0.05, 0.1) is 17.0 Å². The van der Waals surface area contributed by atoms with Crippen molar-refractivity contribution < 1.29 is 9.90 Å². The van der Waals surface area contributed by atoms with E-state index in [0.29, 0.717) is 36.4 Å². The molecule has 19 heavy (non-hydrogen) atoms. The van der Waals surface area contributed by atoms with Crippen LogP contribution in [0.4, 0.5) is 11.4 Å². The van der Waals surface area contributed by atoms with Gasteiger partial charge in [-0.1, -0.05) is 6.92 Å². The number of carbonyl (C=O) groups excluding carboxylic acids is 1. The second kappa shape index (κ2) is 6.43. The van der Waals surface area contributed by atoms with Crippen molar-refractivity contribution in [2.24, 2.45) is 0 Å². The highest BCUT2D eigenvalue weighted by Gasteiger charge is 2.17. The quantitative estimate of drug-likeness (QED) is 0.588. The van der Waals surface area contributed by atoms with Gasteiger partial charge >= 0.3 is 0 Å². The summed E-state index contributed by atoms with van der Waals surface area (Å²) >= 11 is 0. The molecule has 5 nitrogen and oxygen atoms in total. The van der Waals surface area contributed by atoms with Crippen LogP contribution in [0.3, 0.4) is 0 Å². The maximum Gasteiger partial charge on any atom is 0.251 e. The molecule has 0 aromatic heterocycles. The van der Waals surface area contributed by atoms with E-state index in [9.17, 15) is 9.90 Å². The lowest BCUT2D eigenvalue weighted by Gasteiger charge is -2.23. The Labute approximate surface area is 114 Å². The zero-order valence-corrected chi connectivity index (χ0v) is 11.8. The number of nitrogens with two attached hydrogens (primary N) is 1. The first-order chi connectivity index (χ1) is 8.89. The molecule has 1 rings (SSSR count). The standard InChI is InChI=1S/C14H23N3O2/c1-4-14(3,19)9-17-12-8-10(6-7-11(12)15)13(18)16-5-2/h6-8,17,19H,4-5,9,15H2,1-3H3,(H,16,18). The fourth-order valence-corrected chi connectivity index (χ4v) is 1.52. The maximum atomic E-state index is 11.7. The van der Waals surface area contributed by atoms with E-state index in [1.54, 1.807) is 25.1 Å². The van der Waals surface area contributed by atoms with E-state index in [1.165, 1.54) is 0 Å². The molecule has 5 N–H and O–H groups in total. The number of hydrogen-bond donors (Lipinski definition) is 4. The highest BCUT2D eigenvalue weighted by Crippen LogP contribution is 2.21. The molecule has 0 fully saturated rings. The highest BCUT2D eigenvalue weighted by atomic mass is 16.3. The van der Waals surface area contributed by atoms with Crippen LogP contribution in [-0.4, -0.2) is 29.7 Å². The van der Waals surface area contributed by atoms with Gasteiger partial charge in [0.1, 0.15) is 0 Å². The molecule has 0 aliphatic heterocycles. The molecule has 1 amide bonds. The van der Waals surface area contributed by atoms with Gasteiger partial charge in [0.25, 0.3) is 5.91 Å². The number of aliphatic hydroxyl groups is 1. The molecule has 0 bridgehead atoms. The van der Waals surface area contributed by atoms with Crippen molar-refractivity contribution >= 4 is 17.3 Å². The van der Waals surface area contributed by atoms with E-state index >= 15 is 0 Å². The predicted molar refractivity (Wildman–Crippen MR) is 78.3 cm³/mol. The van der Waals surface area contributed by atoms with Crippen LogP contribution in [0, 0.1) is 0 Å². The first kappa shape index (κ1) is 15.3. The van der Waals surface area contributed by atoms with Crippen LogP contribution in [0.25, 0.3) is 0 Å². The average Bonchev–Trinajstić information content (AvgIpc) is 2.38. The van der Waals surface area contributed by atoms with Gasteiger partial charge in [-0.25, -0.2) is 0 Å². The molecule has 0 heterocycles. The lowest BCUT2D eigenvalue weighted by Crippen LogP contribution is -2.32. The molecule has 1 atom stereocenters. The molecule has 0 saturated heterocycles. The van der Waals surface area contributed by atoms with E-state index in [0.717, 1.165) is 0 Å². The van der Waals surface area contributed by atoms with E-state index in [-0.39, 0.29) is 5.91 Å². The number of rotatable bonds is 6.